The molecule has 3 aromatic rings. The molecule has 0 aliphatic heterocycles. The number of rotatable bonds is 7. The van der Waals surface area contributed by atoms with Crippen molar-refractivity contribution in [2.24, 2.45) is 9.98 Å². The quantitative estimate of drug-likeness (QED) is 0.181. The average Bonchev–Trinajstić information content (AvgIpc) is 2.79. The average molecular weight is 643 g/mol. The molecule has 0 fully saturated rings. The molecule has 0 saturated heterocycles. The maximum atomic E-state index is 5.24. The van der Waals surface area contributed by atoms with Crippen molar-refractivity contribution >= 4 is 51.2 Å². The van der Waals surface area contributed by atoms with Gasteiger partial charge < -0.3 is 0 Å². The van der Waals surface area contributed by atoms with Crippen molar-refractivity contribution in [1.82, 2.24) is 0 Å². The van der Waals surface area contributed by atoms with E-state index in [0.717, 1.165) is 42.1 Å². The van der Waals surface area contributed by atoms with E-state index in [0.29, 0.717) is 0 Å². The van der Waals surface area contributed by atoms with Crippen molar-refractivity contribution < 1.29 is 10.9 Å². The molecule has 0 bridgehead atoms. The number of hydrogen-bond acceptors (Lipinski definition) is 2. The molecule has 0 aliphatic carbocycles. The zero-order valence-electron chi connectivity index (χ0n) is 21.8. The van der Waals surface area contributed by atoms with Crippen molar-refractivity contribution in [2.45, 2.75) is 67.7 Å². The number of aryl methyl sites for hydroxylation is 7. The third kappa shape index (κ3) is 9.12. The normalized spacial score (nSPS) is 11.9. The third-order valence-corrected chi connectivity index (χ3v) is 5.93. The monoisotopic (exact) mass is 640 g/mol. The molecule has 0 atom stereocenters. The first-order valence-corrected chi connectivity index (χ1v) is 16.8. The summed E-state index contributed by atoms with van der Waals surface area (Å²) in [5.41, 5.74) is 13.1. The molecule has 0 radical (unpaired) electrons. The number of hydrogen-bond donors (Lipinski definition) is 0. The van der Waals surface area contributed by atoms with Gasteiger partial charge in [-0.25, -0.2) is 0 Å². The Morgan fingerprint density at radius 3 is 1.49 bits per heavy atom. The molecule has 3 rings (SSSR count). The predicted octanol–water partition coefficient (Wildman–Crippen LogP) is 10.1. The Kier molecular flexibility index (Phi) is 12.6. The van der Waals surface area contributed by atoms with Gasteiger partial charge in [-0.1, -0.05) is 72.6 Å². The summed E-state index contributed by atoms with van der Waals surface area (Å²) in [5.74, 6) is 0. The second kappa shape index (κ2) is 14.9. The van der Waals surface area contributed by atoms with Gasteiger partial charge >= 0.3 is 39.3 Å². The molecule has 3 aromatic carbocycles. The minimum atomic E-state index is 0.852. The van der Waals surface area contributed by atoms with E-state index >= 15 is 0 Å². The van der Waals surface area contributed by atoms with Crippen LogP contribution in [0.1, 0.15) is 58.7 Å². The van der Waals surface area contributed by atoms with E-state index in [1.807, 2.05) is 0 Å². The van der Waals surface area contributed by atoms with Crippen molar-refractivity contribution in [3.05, 3.63) is 93.5 Å². The fraction of sp³-hybridized carbons (Fsp3) is 0.333. The van der Waals surface area contributed by atoms with Crippen LogP contribution in [0.3, 0.4) is 0 Å². The van der Waals surface area contributed by atoms with E-state index in [-0.39, 0.29) is 0 Å². The fourth-order valence-corrected chi connectivity index (χ4v) is 4.49. The molecular formula is C30H36Br2N2Ni. The second-order valence-electron chi connectivity index (χ2n) is 9.00. The Hall–Kier alpha value is -1.55. The van der Waals surface area contributed by atoms with Crippen LogP contribution in [0.4, 0.5) is 11.4 Å². The van der Waals surface area contributed by atoms with Gasteiger partial charge in [0.25, 0.3) is 0 Å². The molecule has 0 saturated carbocycles. The number of halogens is 2. The van der Waals surface area contributed by atoms with Gasteiger partial charge in [-0.05, 0) is 88.6 Å². The van der Waals surface area contributed by atoms with Gasteiger partial charge in [0.15, 0.2) is 0 Å². The molecule has 35 heavy (non-hydrogen) atoms. The van der Waals surface area contributed by atoms with E-state index < -0.39 is 0 Å². The van der Waals surface area contributed by atoms with Crippen molar-refractivity contribution in [1.29, 1.82) is 0 Å². The van der Waals surface area contributed by atoms with Crippen LogP contribution in [0.2, 0.25) is 0 Å². The molecule has 0 aliphatic rings. The summed E-state index contributed by atoms with van der Waals surface area (Å²) in [6, 6.07) is 19.5. The molecule has 0 spiro atoms. The summed E-state index contributed by atoms with van der Waals surface area (Å²) >= 11 is 6.00. The van der Waals surface area contributed by atoms with Gasteiger partial charge in [0.1, 0.15) is 0 Å². The number of benzene rings is 3. The van der Waals surface area contributed by atoms with E-state index in [9.17, 15) is 0 Å². The molecule has 5 heteroatoms. The summed E-state index contributed by atoms with van der Waals surface area (Å²) in [7, 11) is 1.25. The summed E-state index contributed by atoms with van der Waals surface area (Å²) in [4.78, 5) is 10.4. The van der Waals surface area contributed by atoms with Crippen molar-refractivity contribution in [2.75, 3.05) is 0 Å². The van der Waals surface area contributed by atoms with Gasteiger partial charge in [-0.3, -0.25) is 9.98 Å². The molecule has 0 aromatic heterocycles. The summed E-state index contributed by atoms with van der Waals surface area (Å²) < 4.78 is 0. The van der Waals surface area contributed by atoms with E-state index in [1.54, 1.807) is 0 Å². The molecule has 0 heterocycles. The summed E-state index contributed by atoms with van der Waals surface area (Å²) in [6.45, 7) is 15.1. The molecular weight excluding hydrogens is 607 g/mol. The van der Waals surface area contributed by atoms with Crippen LogP contribution in [0.5, 0.6) is 0 Å². The first kappa shape index (κ1) is 29.7. The summed E-state index contributed by atoms with van der Waals surface area (Å²) in [6.07, 6.45) is 2.67. The zero-order valence-corrected chi connectivity index (χ0v) is 25.9. The van der Waals surface area contributed by atoms with Crippen LogP contribution in [0.15, 0.2) is 64.6 Å². The zero-order chi connectivity index (χ0) is 26.0. The van der Waals surface area contributed by atoms with Gasteiger partial charge in [-0.2, -0.15) is 0 Å². The Labute approximate surface area is 232 Å². The van der Waals surface area contributed by atoms with E-state index in [1.165, 1.54) is 49.8 Å². The van der Waals surface area contributed by atoms with Gasteiger partial charge in [0.05, 0.1) is 22.8 Å². The molecule has 190 valence electrons. The Morgan fingerprint density at radius 2 is 1.09 bits per heavy atom. The standard InChI is InChI=1S/C30H36N2.2BrH.Ni/c1-8-27(31-29-22(4)16-20(2)17-23(29)5)28(15-14-26-12-10-9-11-13-26)32-30-24(6)18-21(3)19-25(30)7;;;/h9-13,16-19H,8,14-15H2,1-7H3;2*1H;/q;;;+2/p-2. The van der Waals surface area contributed by atoms with Crippen LogP contribution in [0.25, 0.3) is 0 Å². The van der Waals surface area contributed by atoms with E-state index in [2.05, 4.69) is 132 Å². The predicted molar refractivity (Wildman–Crippen MR) is 158 cm³/mol. The molecule has 2 nitrogen and oxygen atoms in total. The first-order chi connectivity index (χ1) is 16.7. The SMILES string of the molecule is CCC(=Nc1c(C)cc(C)cc1C)C(CCc1ccccc1)=Nc1c(C)cc(C)cc1C.[Br][Ni][Br]. The fourth-order valence-electron chi connectivity index (χ4n) is 4.49. The number of nitrogens with zero attached hydrogens (tertiary/aromatic N) is 2. The minimum absolute atomic E-state index is 0.852. The molecule has 0 amide bonds. The second-order valence-corrected chi connectivity index (χ2v) is 14.0. The molecule has 0 unspecified atom stereocenters. The van der Waals surface area contributed by atoms with E-state index in [4.69, 9.17) is 9.98 Å². The maximum absolute atomic E-state index is 5.24. The van der Waals surface area contributed by atoms with Crippen molar-refractivity contribution in [3.63, 3.8) is 0 Å². The topological polar surface area (TPSA) is 24.7 Å². The third-order valence-electron chi connectivity index (χ3n) is 5.93. The Bertz CT molecular complexity index is 1140. The Balaban J connectivity index is 0.00000137. The molecule has 0 N–H and O–H groups in total. The first-order valence-electron chi connectivity index (χ1n) is 11.9. The van der Waals surface area contributed by atoms with Gasteiger partial charge in [0, 0.05) is 0 Å². The van der Waals surface area contributed by atoms with Gasteiger partial charge in [0.2, 0.25) is 0 Å². The van der Waals surface area contributed by atoms with Crippen LogP contribution >= 0.6 is 28.5 Å². The van der Waals surface area contributed by atoms with Crippen LogP contribution in [-0.4, -0.2) is 11.4 Å². The van der Waals surface area contributed by atoms with Crippen LogP contribution in [0, 0.1) is 41.5 Å². The van der Waals surface area contributed by atoms with Gasteiger partial charge in [-0.15, -0.1) is 0 Å². The Morgan fingerprint density at radius 1 is 0.686 bits per heavy atom. The van der Waals surface area contributed by atoms with Crippen LogP contribution < -0.4 is 0 Å². The van der Waals surface area contributed by atoms with Crippen LogP contribution in [-0.2, 0) is 17.3 Å². The van der Waals surface area contributed by atoms with Crippen molar-refractivity contribution in [3.8, 4) is 0 Å². The number of aliphatic imine (C=N–C) groups is 2. The summed E-state index contributed by atoms with van der Waals surface area (Å²) in [5, 5.41) is 0.